The quantitative estimate of drug-likeness (QED) is 0.838. The summed E-state index contributed by atoms with van der Waals surface area (Å²) in [5.74, 6) is 1.47. The van der Waals surface area contributed by atoms with Gasteiger partial charge in [0.2, 0.25) is 0 Å². The summed E-state index contributed by atoms with van der Waals surface area (Å²) < 4.78 is 10.6. The number of benzene rings is 1. The van der Waals surface area contributed by atoms with E-state index < -0.39 is 0 Å². The van der Waals surface area contributed by atoms with Crippen LogP contribution in [0.15, 0.2) is 30.3 Å². The Morgan fingerprint density at radius 2 is 1.74 bits per heavy atom. The SMILES string of the molecule is CCc1ccc(-c2ccc(OC)c(OC)c2)c(C)n1. The molecule has 0 spiro atoms. The molecule has 0 N–H and O–H groups in total. The van der Waals surface area contributed by atoms with Crippen molar-refractivity contribution in [2.75, 3.05) is 14.2 Å². The molecule has 0 unspecified atom stereocenters. The van der Waals surface area contributed by atoms with Crippen molar-refractivity contribution in [2.24, 2.45) is 0 Å². The van der Waals surface area contributed by atoms with Crippen molar-refractivity contribution < 1.29 is 9.47 Å². The summed E-state index contributed by atoms with van der Waals surface area (Å²) in [4.78, 5) is 4.59. The van der Waals surface area contributed by atoms with Crippen molar-refractivity contribution in [2.45, 2.75) is 20.3 Å². The van der Waals surface area contributed by atoms with Crippen LogP contribution in [0, 0.1) is 6.92 Å². The Hall–Kier alpha value is -2.03. The van der Waals surface area contributed by atoms with Crippen molar-refractivity contribution in [1.29, 1.82) is 0 Å². The van der Waals surface area contributed by atoms with Gasteiger partial charge in [0.1, 0.15) is 0 Å². The Morgan fingerprint density at radius 1 is 1.00 bits per heavy atom. The van der Waals surface area contributed by atoms with E-state index in [1.165, 1.54) is 0 Å². The summed E-state index contributed by atoms with van der Waals surface area (Å²) in [7, 11) is 3.29. The number of nitrogens with zero attached hydrogens (tertiary/aromatic N) is 1. The molecule has 19 heavy (non-hydrogen) atoms. The second-order valence-corrected chi connectivity index (χ2v) is 4.36. The van der Waals surface area contributed by atoms with E-state index in [9.17, 15) is 0 Å². The van der Waals surface area contributed by atoms with Gasteiger partial charge in [0.15, 0.2) is 11.5 Å². The molecule has 0 fully saturated rings. The number of hydrogen-bond donors (Lipinski definition) is 0. The molecule has 0 atom stereocenters. The van der Waals surface area contributed by atoms with Crippen LogP contribution in [-0.2, 0) is 6.42 Å². The van der Waals surface area contributed by atoms with Crippen molar-refractivity contribution in [3.05, 3.63) is 41.7 Å². The Balaban J connectivity index is 2.47. The molecule has 0 aliphatic heterocycles. The molecule has 2 aromatic rings. The van der Waals surface area contributed by atoms with Gasteiger partial charge >= 0.3 is 0 Å². The number of aromatic nitrogens is 1. The lowest BCUT2D eigenvalue weighted by atomic mass is 10.0. The van der Waals surface area contributed by atoms with Crippen LogP contribution in [-0.4, -0.2) is 19.2 Å². The van der Waals surface area contributed by atoms with Gasteiger partial charge in [-0.1, -0.05) is 19.1 Å². The Labute approximate surface area is 114 Å². The molecule has 0 saturated heterocycles. The lowest BCUT2D eigenvalue weighted by Gasteiger charge is -2.11. The van der Waals surface area contributed by atoms with Gasteiger partial charge in [-0.3, -0.25) is 4.98 Å². The number of hydrogen-bond acceptors (Lipinski definition) is 3. The third-order valence-corrected chi connectivity index (χ3v) is 3.20. The van der Waals surface area contributed by atoms with Crippen molar-refractivity contribution in [3.8, 4) is 22.6 Å². The van der Waals surface area contributed by atoms with E-state index in [2.05, 4.69) is 24.0 Å². The number of rotatable bonds is 4. The van der Waals surface area contributed by atoms with Crippen LogP contribution in [0.1, 0.15) is 18.3 Å². The standard InChI is InChI=1S/C16H19NO2/c1-5-13-7-8-14(11(2)17-13)12-6-9-15(18-3)16(10-12)19-4/h6-10H,5H2,1-4H3. The minimum atomic E-state index is 0.735. The Bertz CT molecular complexity index is 579. The normalized spacial score (nSPS) is 10.3. The summed E-state index contributed by atoms with van der Waals surface area (Å²) in [6.07, 6.45) is 0.951. The van der Waals surface area contributed by atoms with Crippen LogP contribution in [0.3, 0.4) is 0 Å². The van der Waals surface area contributed by atoms with E-state index in [0.717, 1.165) is 40.4 Å². The summed E-state index contributed by atoms with van der Waals surface area (Å²) in [6, 6.07) is 10.1. The van der Waals surface area contributed by atoms with Gasteiger partial charge < -0.3 is 9.47 Å². The zero-order valence-corrected chi connectivity index (χ0v) is 11.9. The van der Waals surface area contributed by atoms with Gasteiger partial charge in [0.25, 0.3) is 0 Å². The van der Waals surface area contributed by atoms with E-state index in [1.54, 1.807) is 14.2 Å². The zero-order valence-electron chi connectivity index (χ0n) is 11.9. The maximum absolute atomic E-state index is 5.34. The lowest BCUT2D eigenvalue weighted by Crippen LogP contribution is -1.95. The van der Waals surface area contributed by atoms with Gasteiger partial charge in [-0.25, -0.2) is 0 Å². The summed E-state index contributed by atoms with van der Waals surface area (Å²) in [5.41, 5.74) is 4.36. The topological polar surface area (TPSA) is 31.4 Å². The van der Waals surface area contributed by atoms with Crippen LogP contribution in [0.25, 0.3) is 11.1 Å². The van der Waals surface area contributed by atoms with Crippen LogP contribution in [0.2, 0.25) is 0 Å². The first-order chi connectivity index (χ1) is 9.19. The highest BCUT2D eigenvalue weighted by atomic mass is 16.5. The lowest BCUT2D eigenvalue weighted by molar-refractivity contribution is 0.355. The zero-order chi connectivity index (χ0) is 13.8. The first kappa shape index (κ1) is 13.4. The summed E-state index contributed by atoms with van der Waals surface area (Å²) in [5, 5.41) is 0. The van der Waals surface area contributed by atoms with Gasteiger partial charge in [0.05, 0.1) is 14.2 Å². The van der Waals surface area contributed by atoms with Gasteiger partial charge in [-0.2, -0.15) is 0 Å². The molecule has 3 heteroatoms. The first-order valence-corrected chi connectivity index (χ1v) is 6.38. The van der Waals surface area contributed by atoms with Crippen LogP contribution in [0.5, 0.6) is 11.5 Å². The molecular weight excluding hydrogens is 238 g/mol. The maximum atomic E-state index is 5.34. The summed E-state index contributed by atoms with van der Waals surface area (Å²) >= 11 is 0. The highest BCUT2D eigenvalue weighted by molar-refractivity contribution is 5.69. The number of pyridine rings is 1. The fraction of sp³-hybridized carbons (Fsp3) is 0.312. The third-order valence-electron chi connectivity index (χ3n) is 3.20. The van der Waals surface area contributed by atoms with Crippen LogP contribution >= 0.6 is 0 Å². The molecule has 0 aliphatic rings. The van der Waals surface area contributed by atoms with Crippen molar-refractivity contribution in [1.82, 2.24) is 4.98 Å². The summed E-state index contributed by atoms with van der Waals surface area (Å²) in [6.45, 7) is 4.14. The second-order valence-electron chi connectivity index (χ2n) is 4.36. The van der Waals surface area contributed by atoms with Crippen molar-refractivity contribution in [3.63, 3.8) is 0 Å². The predicted octanol–water partition coefficient (Wildman–Crippen LogP) is 3.64. The fourth-order valence-electron chi connectivity index (χ4n) is 2.12. The molecule has 3 nitrogen and oxygen atoms in total. The molecule has 1 heterocycles. The molecular formula is C16H19NO2. The molecule has 0 aliphatic carbocycles. The molecule has 0 saturated carbocycles. The molecule has 0 bridgehead atoms. The van der Waals surface area contributed by atoms with E-state index in [1.807, 2.05) is 25.1 Å². The monoisotopic (exact) mass is 257 g/mol. The second kappa shape index (κ2) is 5.74. The Kier molecular flexibility index (Phi) is 4.05. The minimum absolute atomic E-state index is 0.735. The molecule has 1 aromatic heterocycles. The average molecular weight is 257 g/mol. The maximum Gasteiger partial charge on any atom is 0.161 e. The van der Waals surface area contributed by atoms with Gasteiger partial charge in [-0.05, 0) is 37.1 Å². The van der Waals surface area contributed by atoms with E-state index in [4.69, 9.17) is 9.47 Å². The molecule has 100 valence electrons. The van der Waals surface area contributed by atoms with E-state index in [0.29, 0.717) is 0 Å². The largest absolute Gasteiger partial charge is 0.493 e. The number of ether oxygens (including phenoxy) is 2. The highest BCUT2D eigenvalue weighted by Crippen LogP contribution is 2.33. The molecule has 2 rings (SSSR count). The number of aryl methyl sites for hydroxylation is 2. The predicted molar refractivity (Wildman–Crippen MR) is 76.9 cm³/mol. The highest BCUT2D eigenvalue weighted by Gasteiger charge is 2.09. The van der Waals surface area contributed by atoms with Gasteiger partial charge in [-0.15, -0.1) is 0 Å². The minimum Gasteiger partial charge on any atom is -0.493 e. The van der Waals surface area contributed by atoms with E-state index >= 15 is 0 Å². The molecule has 1 aromatic carbocycles. The smallest absolute Gasteiger partial charge is 0.161 e. The van der Waals surface area contributed by atoms with Gasteiger partial charge in [0, 0.05) is 17.0 Å². The fourth-order valence-corrected chi connectivity index (χ4v) is 2.12. The third kappa shape index (κ3) is 2.70. The first-order valence-electron chi connectivity index (χ1n) is 6.38. The average Bonchev–Trinajstić information content (AvgIpc) is 2.46. The number of methoxy groups -OCH3 is 2. The van der Waals surface area contributed by atoms with Crippen LogP contribution in [0.4, 0.5) is 0 Å². The molecule has 0 radical (unpaired) electrons. The van der Waals surface area contributed by atoms with Crippen molar-refractivity contribution >= 4 is 0 Å². The van der Waals surface area contributed by atoms with E-state index in [-0.39, 0.29) is 0 Å². The Morgan fingerprint density at radius 3 is 2.32 bits per heavy atom. The van der Waals surface area contributed by atoms with Crippen LogP contribution < -0.4 is 9.47 Å². The molecule has 0 amide bonds.